The van der Waals surface area contributed by atoms with Gasteiger partial charge in [0.2, 0.25) is 0 Å². The minimum atomic E-state index is -0.462. The number of ether oxygens (including phenoxy) is 1. The number of aryl methyl sites for hydroxylation is 1. The minimum absolute atomic E-state index is 0.161. The van der Waals surface area contributed by atoms with Crippen molar-refractivity contribution in [3.05, 3.63) is 65.5 Å². The van der Waals surface area contributed by atoms with Crippen LogP contribution in [0.15, 0.2) is 43.0 Å². The molecule has 0 atom stereocenters. The zero-order valence-corrected chi connectivity index (χ0v) is 15.3. The molecule has 5 heteroatoms. The van der Waals surface area contributed by atoms with Crippen LogP contribution in [0.5, 0.6) is 5.75 Å². The number of carbonyl (C=O) groups excluding carboxylic acids is 1. The van der Waals surface area contributed by atoms with Crippen LogP contribution in [0.4, 0.5) is 10.1 Å². The summed E-state index contributed by atoms with van der Waals surface area (Å²) in [5.74, 6) is -0.416. The fourth-order valence-electron chi connectivity index (χ4n) is 2.51. The van der Waals surface area contributed by atoms with Crippen LogP contribution >= 0.6 is 0 Å². The number of benzene rings is 2. The number of hydrogen-bond acceptors (Lipinski definition) is 3. The number of rotatable bonds is 8. The number of carbonyl (C=O) groups is 1. The Morgan fingerprint density at radius 3 is 2.77 bits per heavy atom. The summed E-state index contributed by atoms with van der Waals surface area (Å²) in [7, 11) is 0. The number of anilines is 1. The number of amides is 1. The van der Waals surface area contributed by atoms with Gasteiger partial charge >= 0.3 is 0 Å². The minimum Gasteiger partial charge on any atom is -0.484 e. The van der Waals surface area contributed by atoms with E-state index in [4.69, 9.17) is 10.5 Å². The van der Waals surface area contributed by atoms with Crippen molar-refractivity contribution in [1.29, 1.82) is 0 Å². The SMILES string of the molecule is C=C(c1cc(F)cc(OCC(=O)NCCCC)c1)c1cc(C)ccc1N. The van der Waals surface area contributed by atoms with Crippen LogP contribution in [0.2, 0.25) is 0 Å². The van der Waals surface area contributed by atoms with E-state index in [-0.39, 0.29) is 18.3 Å². The quantitative estimate of drug-likeness (QED) is 0.553. The van der Waals surface area contributed by atoms with Gasteiger partial charge in [0, 0.05) is 23.9 Å². The molecule has 0 saturated carbocycles. The highest BCUT2D eigenvalue weighted by molar-refractivity contribution is 5.84. The first-order valence-electron chi connectivity index (χ1n) is 8.66. The molecule has 2 aromatic carbocycles. The van der Waals surface area contributed by atoms with Crippen molar-refractivity contribution in [3.63, 3.8) is 0 Å². The molecular weight excluding hydrogens is 331 g/mol. The zero-order valence-electron chi connectivity index (χ0n) is 15.3. The summed E-state index contributed by atoms with van der Waals surface area (Å²) in [6.07, 6.45) is 1.91. The lowest BCUT2D eigenvalue weighted by Crippen LogP contribution is -2.29. The molecule has 0 radical (unpaired) electrons. The number of halogens is 1. The average molecular weight is 356 g/mol. The van der Waals surface area contributed by atoms with Gasteiger partial charge in [0.05, 0.1) is 0 Å². The van der Waals surface area contributed by atoms with E-state index >= 15 is 0 Å². The molecule has 138 valence electrons. The molecule has 26 heavy (non-hydrogen) atoms. The lowest BCUT2D eigenvalue weighted by atomic mass is 9.96. The molecule has 0 saturated heterocycles. The first-order valence-corrected chi connectivity index (χ1v) is 8.66. The van der Waals surface area contributed by atoms with Crippen molar-refractivity contribution in [2.45, 2.75) is 26.7 Å². The summed E-state index contributed by atoms with van der Waals surface area (Å²) in [6.45, 7) is 8.49. The molecule has 0 heterocycles. The Morgan fingerprint density at radius 1 is 1.27 bits per heavy atom. The van der Waals surface area contributed by atoms with E-state index in [0.717, 1.165) is 24.0 Å². The van der Waals surface area contributed by atoms with Crippen LogP contribution in [0.1, 0.15) is 36.5 Å². The second-order valence-corrected chi connectivity index (χ2v) is 6.24. The maximum absolute atomic E-state index is 14.0. The van der Waals surface area contributed by atoms with Crippen LogP contribution in [-0.2, 0) is 4.79 Å². The van der Waals surface area contributed by atoms with Crippen LogP contribution in [0.3, 0.4) is 0 Å². The second-order valence-electron chi connectivity index (χ2n) is 6.24. The Hall–Kier alpha value is -2.82. The van der Waals surface area contributed by atoms with Gasteiger partial charge in [-0.2, -0.15) is 0 Å². The van der Waals surface area contributed by atoms with Crippen molar-refractivity contribution < 1.29 is 13.9 Å². The van der Waals surface area contributed by atoms with Crippen LogP contribution in [-0.4, -0.2) is 19.1 Å². The first kappa shape index (κ1) is 19.5. The van der Waals surface area contributed by atoms with Gasteiger partial charge in [-0.15, -0.1) is 0 Å². The Morgan fingerprint density at radius 2 is 2.04 bits per heavy atom. The van der Waals surface area contributed by atoms with Gasteiger partial charge in [-0.05, 0) is 48.7 Å². The van der Waals surface area contributed by atoms with Gasteiger partial charge in [0.1, 0.15) is 11.6 Å². The monoisotopic (exact) mass is 356 g/mol. The van der Waals surface area contributed by atoms with E-state index in [1.165, 1.54) is 12.1 Å². The molecule has 0 aliphatic rings. The van der Waals surface area contributed by atoms with Gasteiger partial charge < -0.3 is 15.8 Å². The zero-order chi connectivity index (χ0) is 19.1. The highest BCUT2D eigenvalue weighted by Gasteiger charge is 2.11. The van der Waals surface area contributed by atoms with Gasteiger partial charge in [0.25, 0.3) is 5.91 Å². The predicted octanol–water partition coefficient (Wildman–Crippen LogP) is 4.07. The smallest absolute Gasteiger partial charge is 0.257 e. The van der Waals surface area contributed by atoms with E-state index in [9.17, 15) is 9.18 Å². The van der Waals surface area contributed by atoms with E-state index in [0.29, 0.717) is 23.4 Å². The normalized spacial score (nSPS) is 10.4. The maximum Gasteiger partial charge on any atom is 0.257 e. The highest BCUT2D eigenvalue weighted by Crippen LogP contribution is 2.30. The number of hydrogen-bond donors (Lipinski definition) is 2. The third-order valence-electron chi connectivity index (χ3n) is 3.98. The van der Waals surface area contributed by atoms with E-state index in [1.807, 2.05) is 26.0 Å². The molecule has 0 aromatic heterocycles. The van der Waals surface area contributed by atoms with Gasteiger partial charge in [-0.3, -0.25) is 4.79 Å². The molecule has 3 N–H and O–H groups in total. The molecule has 2 rings (SSSR count). The number of nitrogens with one attached hydrogen (secondary N) is 1. The standard InChI is InChI=1S/C21H25FN2O2/c1-4-5-8-24-21(25)13-26-18-11-16(10-17(22)12-18)15(3)19-9-14(2)6-7-20(19)23/h6-7,9-12H,3-5,8,13,23H2,1-2H3,(H,24,25). The fraction of sp³-hybridized carbons (Fsp3) is 0.286. The second kappa shape index (κ2) is 9.04. The maximum atomic E-state index is 14.0. The van der Waals surface area contributed by atoms with Gasteiger partial charge in [-0.25, -0.2) is 4.39 Å². The van der Waals surface area contributed by atoms with E-state index < -0.39 is 5.82 Å². The van der Waals surface area contributed by atoms with Crippen molar-refractivity contribution in [2.24, 2.45) is 0 Å². The Bertz CT molecular complexity index is 803. The Balaban J connectivity index is 2.12. The summed E-state index contributed by atoms with van der Waals surface area (Å²) in [5, 5.41) is 2.75. The largest absolute Gasteiger partial charge is 0.484 e. The Kier molecular flexibility index (Phi) is 6.78. The first-order chi connectivity index (χ1) is 12.4. The van der Waals surface area contributed by atoms with Crippen molar-refractivity contribution in [2.75, 3.05) is 18.9 Å². The average Bonchev–Trinajstić information content (AvgIpc) is 2.61. The van der Waals surface area contributed by atoms with Gasteiger partial charge in [0.15, 0.2) is 6.61 Å². The summed E-state index contributed by atoms with van der Waals surface area (Å²) in [6, 6.07) is 9.89. The van der Waals surface area contributed by atoms with Gasteiger partial charge in [-0.1, -0.05) is 31.6 Å². The summed E-state index contributed by atoms with van der Waals surface area (Å²) in [4.78, 5) is 11.7. The number of nitrogens with two attached hydrogens (primary N) is 1. The summed E-state index contributed by atoms with van der Waals surface area (Å²) >= 11 is 0. The molecule has 0 unspecified atom stereocenters. The predicted molar refractivity (Wildman–Crippen MR) is 104 cm³/mol. The van der Waals surface area contributed by atoms with E-state index in [1.54, 1.807) is 12.1 Å². The van der Waals surface area contributed by atoms with Crippen LogP contribution in [0, 0.1) is 12.7 Å². The molecule has 4 nitrogen and oxygen atoms in total. The molecule has 0 spiro atoms. The summed E-state index contributed by atoms with van der Waals surface area (Å²) < 4.78 is 19.4. The molecule has 0 bridgehead atoms. The molecule has 0 fully saturated rings. The molecule has 2 aromatic rings. The molecular formula is C21H25FN2O2. The topological polar surface area (TPSA) is 64.3 Å². The van der Waals surface area contributed by atoms with Crippen molar-refractivity contribution in [3.8, 4) is 5.75 Å². The third kappa shape index (κ3) is 5.34. The van der Waals surface area contributed by atoms with Crippen LogP contribution < -0.4 is 15.8 Å². The van der Waals surface area contributed by atoms with Crippen molar-refractivity contribution >= 4 is 17.2 Å². The molecule has 0 aliphatic heterocycles. The fourth-order valence-corrected chi connectivity index (χ4v) is 2.51. The Labute approximate surface area is 153 Å². The van der Waals surface area contributed by atoms with Crippen LogP contribution in [0.25, 0.3) is 5.57 Å². The third-order valence-corrected chi connectivity index (χ3v) is 3.98. The van der Waals surface area contributed by atoms with E-state index in [2.05, 4.69) is 11.9 Å². The highest BCUT2D eigenvalue weighted by atomic mass is 19.1. The van der Waals surface area contributed by atoms with Crippen molar-refractivity contribution in [1.82, 2.24) is 5.32 Å². The lowest BCUT2D eigenvalue weighted by Gasteiger charge is -2.13. The molecule has 1 amide bonds. The molecule has 0 aliphatic carbocycles. The number of nitrogen functional groups attached to an aromatic ring is 1. The summed E-state index contributed by atoms with van der Waals surface area (Å²) in [5.41, 5.74) is 9.54. The number of unbranched alkanes of at least 4 members (excludes halogenated alkanes) is 1. The lowest BCUT2D eigenvalue weighted by molar-refractivity contribution is -0.123.